The summed E-state index contributed by atoms with van der Waals surface area (Å²) in [5.74, 6) is -1.67. The fraction of sp³-hybridized carbons (Fsp3) is 0.727. The van der Waals surface area contributed by atoms with Gasteiger partial charge >= 0.3 is 12.0 Å². The first-order valence-corrected chi connectivity index (χ1v) is 6.04. The van der Waals surface area contributed by atoms with Gasteiger partial charge in [-0.3, -0.25) is 4.79 Å². The number of hydrogen-bond donors (Lipinski definition) is 4. The van der Waals surface area contributed by atoms with Crippen LogP contribution in [0, 0.1) is 0 Å². The van der Waals surface area contributed by atoms with Crippen LogP contribution < -0.4 is 10.6 Å². The number of amides is 3. The molecule has 0 aliphatic rings. The first-order chi connectivity index (χ1) is 9.38. The Morgan fingerprint density at radius 2 is 1.90 bits per heavy atom. The van der Waals surface area contributed by atoms with Crippen LogP contribution in [0.4, 0.5) is 4.79 Å². The van der Waals surface area contributed by atoms with E-state index in [0.29, 0.717) is 13.2 Å². The molecule has 0 aliphatic heterocycles. The molecule has 0 radical (unpaired) electrons. The van der Waals surface area contributed by atoms with E-state index in [1.54, 1.807) is 0 Å². The molecule has 0 saturated heterocycles. The zero-order valence-corrected chi connectivity index (χ0v) is 11.6. The monoisotopic (exact) mass is 291 g/mol. The van der Waals surface area contributed by atoms with Crippen molar-refractivity contribution in [3.63, 3.8) is 0 Å². The van der Waals surface area contributed by atoms with Gasteiger partial charge in [0.1, 0.15) is 6.54 Å². The number of carbonyl (C=O) groups is 3. The second-order valence-corrected chi connectivity index (χ2v) is 4.07. The van der Waals surface area contributed by atoms with E-state index in [1.165, 1.54) is 14.2 Å². The van der Waals surface area contributed by atoms with Crippen molar-refractivity contribution < 1.29 is 29.3 Å². The number of methoxy groups -OCH3 is 1. The Kier molecular flexibility index (Phi) is 9.05. The number of rotatable bonds is 9. The van der Waals surface area contributed by atoms with Gasteiger partial charge in [0.15, 0.2) is 6.10 Å². The van der Waals surface area contributed by atoms with Crippen molar-refractivity contribution in [1.82, 2.24) is 15.5 Å². The van der Waals surface area contributed by atoms with Gasteiger partial charge in [0, 0.05) is 33.7 Å². The van der Waals surface area contributed by atoms with Crippen LogP contribution in [-0.4, -0.2) is 79.5 Å². The van der Waals surface area contributed by atoms with Crippen LogP contribution >= 0.6 is 0 Å². The van der Waals surface area contributed by atoms with E-state index < -0.39 is 18.1 Å². The van der Waals surface area contributed by atoms with Gasteiger partial charge in [0.05, 0.1) is 6.61 Å². The predicted molar refractivity (Wildman–Crippen MR) is 69.2 cm³/mol. The van der Waals surface area contributed by atoms with E-state index in [-0.39, 0.29) is 25.4 Å². The van der Waals surface area contributed by atoms with Gasteiger partial charge in [0.2, 0.25) is 5.91 Å². The van der Waals surface area contributed by atoms with Gasteiger partial charge in [-0.15, -0.1) is 0 Å². The molecule has 9 heteroatoms. The molecule has 0 fully saturated rings. The van der Waals surface area contributed by atoms with Crippen molar-refractivity contribution in [1.29, 1.82) is 0 Å². The number of urea groups is 1. The highest BCUT2D eigenvalue weighted by molar-refractivity contribution is 5.83. The number of carboxylic acids is 1. The summed E-state index contributed by atoms with van der Waals surface area (Å²) in [6, 6.07) is -0.524. The summed E-state index contributed by atoms with van der Waals surface area (Å²) in [5.41, 5.74) is 0. The summed E-state index contributed by atoms with van der Waals surface area (Å²) in [7, 11) is 2.94. The first-order valence-electron chi connectivity index (χ1n) is 6.04. The summed E-state index contributed by atoms with van der Waals surface area (Å²) >= 11 is 0. The van der Waals surface area contributed by atoms with Crippen molar-refractivity contribution in [3.05, 3.63) is 0 Å². The van der Waals surface area contributed by atoms with Crippen LogP contribution in [-0.2, 0) is 14.3 Å². The van der Waals surface area contributed by atoms with Crippen LogP contribution in [0.1, 0.15) is 6.42 Å². The van der Waals surface area contributed by atoms with Crippen LogP contribution in [0.25, 0.3) is 0 Å². The molecule has 0 spiro atoms. The van der Waals surface area contributed by atoms with Crippen LogP contribution in [0.15, 0.2) is 0 Å². The van der Waals surface area contributed by atoms with E-state index in [4.69, 9.17) is 14.9 Å². The fourth-order valence-corrected chi connectivity index (χ4v) is 1.21. The maximum Gasteiger partial charge on any atom is 0.332 e. The lowest BCUT2D eigenvalue weighted by molar-refractivity contribution is -0.146. The molecule has 0 saturated carbocycles. The number of aliphatic hydroxyl groups excluding tert-OH is 1. The topological polar surface area (TPSA) is 128 Å². The van der Waals surface area contributed by atoms with Crippen LogP contribution in [0.2, 0.25) is 0 Å². The molecular weight excluding hydrogens is 270 g/mol. The molecule has 1 atom stereocenters. The van der Waals surface area contributed by atoms with Crippen molar-refractivity contribution >= 4 is 17.9 Å². The molecular formula is C11H21N3O6. The van der Waals surface area contributed by atoms with Gasteiger partial charge in [-0.1, -0.05) is 0 Å². The molecule has 0 aromatic rings. The van der Waals surface area contributed by atoms with Gasteiger partial charge < -0.3 is 30.5 Å². The van der Waals surface area contributed by atoms with Gasteiger partial charge in [0.25, 0.3) is 0 Å². The average Bonchev–Trinajstić information content (AvgIpc) is 2.38. The lowest BCUT2D eigenvalue weighted by atomic mass is 10.2. The number of nitrogens with zero attached hydrogens (tertiary/aromatic N) is 1. The molecule has 3 amide bonds. The number of aliphatic carboxylic acids is 1. The summed E-state index contributed by atoms with van der Waals surface area (Å²) in [6.45, 7) is 0.614. The molecule has 0 bridgehead atoms. The average molecular weight is 291 g/mol. The molecule has 0 aromatic carbocycles. The number of carbonyl (C=O) groups excluding carboxylic acids is 2. The highest BCUT2D eigenvalue weighted by atomic mass is 16.5. The van der Waals surface area contributed by atoms with Gasteiger partial charge in [-0.05, 0) is 0 Å². The minimum atomic E-state index is -1.52. The standard InChI is InChI=1S/C11H21N3O6/c1-14(7-9(16)12-5-6-20-2)11(19)13-4-3-8(15)10(17)18/h8,15H,3-7H2,1-2H3,(H,12,16)(H,13,19)(H,17,18). The third kappa shape index (κ3) is 8.27. The summed E-state index contributed by atoms with van der Waals surface area (Å²) in [5, 5.41) is 22.4. The number of aliphatic hydroxyl groups is 1. The second kappa shape index (κ2) is 9.98. The maximum absolute atomic E-state index is 11.5. The Morgan fingerprint density at radius 1 is 1.25 bits per heavy atom. The minimum absolute atomic E-state index is 0.00192. The number of ether oxygens (including phenoxy) is 1. The Balaban J connectivity index is 3.86. The molecule has 0 rings (SSSR count). The third-order valence-electron chi connectivity index (χ3n) is 2.33. The highest BCUT2D eigenvalue weighted by Gasteiger charge is 2.15. The number of hydrogen-bond acceptors (Lipinski definition) is 5. The third-order valence-corrected chi connectivity index (χ3v) is 2.33. The molecule has 0 aliphatic carbocycles. The smallest absolute Gasteiger partial charge is 0.332 e. The Bertz CT molecular complexity index is 336. The number of nitrogens with one attached hydrogen (secondary N) is 2. The molecule has 1 unspecified atom stereocenters. The lowest BCUT2D eigenvalue weighted by Crippen LogP contribution is -2.44. The van der Waals surface area contributed by atoms with E-state index >= 15 is 0 Å². The largest absolute Gasteiger partial charge is 0.479 e. The van der Waals surface area contributed by atoms with Crippen molar-refractivity contribution in [2.45, 2.75) is 12.5 Å². The normalized spacial score (nSPS) is 11.6. The quantitative estimate of drug-likeness (QED) is 0.372. The summed E-state index contributed by atoms with van der Waals surface area (Å²) in [4.78, 5) is 34.4. The maximum atomic E-state index is 11.5. The minimum Gasteiger partial charge on any atom is -0.479 e. The Labute approximate surface area is 116 Å². The number of likely N-dealkylation sites (N-methyl/N-ethyl adjacent to an activating group) is 1. The predicted octanol–water partition coefficient (Wildman–Crippen LogP) is -1.77. The van der Waals surface area contributed by atoms with E-state index in [9.17, 15) is 14.4 Å². The SMILES string of the molecule is COCCNC(=O)CN(C)C(=O)NCCC(O)C(=O)O. The Morgan fingerprint density at radius 3 is 2.45 bits per heavy atom. The molecule has 116 valence electrons. The zero-order chi connectivity index (χ0) is 15.5. The van der Waals surface area contributed by atoms with Crippen molar-refractivity contribution in [2.24, 2.45) is 0 Å². The van der Waals surface area contributed by atoms with E-state index in [0.717, 1.165) is 4.90 Å². The van der Waals surface area contributed by atoms with E-state index in [2.05, 4.69) is 10.6 Å². The Hall–Kier alpha value is -1.87. The molecule has 9 nitrogen and oxygen atoms in total. The summed E-state index contributed by atoms with van der Waals surface area (Å²) in [6.07, 6.45) is -1.62. The van der Waals surface area contributed by atoms with Crippen LogP contribution in [0.3, 0.4) is 0 Å². The van der Waals surface area contributed by atoms with Crippen molar-refractivity contribution in [2.75, 3.05) is 40.4 Å². The van der Waals surface area contributed by atoms with Gasteiger partial charge in [-0.25, -0.2) is 9.59 Å². The van der Waals surface area contributed by atoms with E-state index in [1.807, 2.05) is 0 Å². The zero-order valence-electron chi connectivity index (χ0n) is 11.6. The summed E-state index contributed by atoms with van der Waals surface area (Å²) < 4.78 is 4.76. The second-order valence-electron chi connectivity index (χ2n) is 4.07. The molecule has 20 heavy (non-hydrogen) atoms. The van der Waals surface area contributed by atoms with Crippen LogP contribution in [0.5, 0.6) is 0 Å². The van der Waals surface area contributed by atoms with Crippen molar-refractivity contribution in [3.8, 4) is 0 Å². The molecule has 0 heterocycles. The highest BCUT2D eigenvalue weighted by Crippen LogP contribution is 1.91. The molecule has 4 N–H and O–H groups in total. The van der Waals surface area contributed by atoms with Gasteiger partial charge in [-0.2, -0.15) is 0 Å². The number of carboxylic acid groups (broad SMARTS) is 1. The first kappa shape index (κ1) is 18.1. The fourth-order valence-electron chi connectivity index (χ4n) is 1.21. The lowest BCUT2D eigenvalue weighted by Gasteiger charge is -2.17. The molecule has 0 aromatic heterocycles.